The molecular formula is C17H24N2O2. The Morgan fingerprint density at radius 1 is 1.29 bits per heavy atom. The average Bonchev–Trinajstić information content (AvgIpc) is 2.93. The molecule has 1 N–H and O–H groups in total. The van der Waals surface area contributed by atoms with Gasteiger partial charge in [0.25, 0.3) is 0 Å². The highest BCUT2D eigenvalue weighted by Gasteiger charge is 2.23. The topological polar surface area (TPSA) is 41.6 Å². The second-order valence-corrected chi connectivity index (χ2v) is 6.32. The zero-order chi connectivity index (χ0) is 14.7. The van der Waals surface area contributed by atoms with E-state index in [2.05, 4.69) is 18.3 Å². The maximum atomic E-state index is 11.6. The first-order valence-electron chi connectivity index (χ1n) is 8.00. The lowest BCUT2D eigenvalue weighted by atomic mass is 9.83. The second kappa shape index (κ2) is 6.37. The van der Waals surface area contributed by atoms with Crippen molar-refractivity contribution in [3.05, 3.63) is 24.3 Å². The quantitative estimate of drug-likeness (QED) is 0.914. The predicted octanol–water partition coefficient (Wildman–Crippen LogP) is 3.88. The van der Waals surface area contributed by atoms with E-state index in [0.29, 0.717) is 13.2 Å². The SMILES string of the molecule is CC1CCC(CNc2cccc(N3CCOC3=O)c2)CC1. The van der Waals surface area contributed by atoms with Gasteiger partial charge >= 0.3 is 6.09 Å². The van der Waals surface area contributed by atoms with Gasteiger partial charge in [-0.3, -0.25) is 4.90 Å². The molecule has 114 valence electrons. The number of carbonyl (C=O) groups is 1. The summed E-state index contributed by atoms with van der Waals surface area (Å²) in [4.78, 5) is 13.3. The Hall–Kier alpha value is -1.71. The Kier molecular flexibility index (Phi) is 4.32. The summed E-state index contributed by atoms with van der Waals surface area (Å²) in [5.41, 5.74) is 2.01. The number of benzene rings is 1. The number of nitrogens with one attached hydrogen (secondary N) is 1. The van der Waals surface area contributed by atoms with Crippen LogP contribution in [-0.2, 0) is 4.74 Å². The molecule has 0 aromatic heterocycles. The number of nitrogens with zero attached hydrogens (tertiary/aromatic N) is 1. The zero-order valence-electron chi connectivity index (χ0n) is 12.7. The molecule has 0 spiro atoms. The standard InChI is InChI=1S/C17H24N2O2/c1-13-5-7-14(8-6-13)12-18-15-3-2-4-16(11-15)19-9-10-21-17(19)20/h2-4,11,13-14,18H,5-10,12H2,1H3. The molecule has 1 aliphatic heterocycles. The molecule has 4 heteroatoms. The van der Waals surface area contributed by atoms with Crippen molar-refractivity contribution in [1.29, 1.82) is 0 Å². The first-order chi connectivity index (χ1) is 10.2. The Labute approximate surface area is 126 Å². The zero-order valence-corrected chi connectivity index (χ0v) is 12.7. The van der Waals surface area contributed by atoms with Gasteiger partial charge in [-0.2, -0.15) is 0 Å². The normalized spacial score (nSPS) is 25.8. The van der Waals surface area contributed by atoms with E-state index in [0.717, 1.165) is 29.8 Å². The van der Waals surface area contributed by atoms with Crippen molar-refractivity contribution >= 4 is 17.5 Å². The van der Waals surface area contributed by atoms with Crippen LogP contribution in [0.15, 0.2) is 24.3 Å². The third kappa shape index (κ3) is 3.49. The van der Waals surface area contributed by atoms with Crippen LogP contribution in [0.25, 0.3) is 0 Å². The fraction of sp³-hybridized carbons (Fsp3) is 0.588. The summed E-state index contributed by atoms with van der Waals surface area (Å²) in [6.45, 7) is 4.50. The average molecular weight is 288 g/mol. The summed E-state index contributed by atoms with van der Waals surface area (Å²) >= 11 is 0. The van der Waals surface area contributed by atoms with Crippen LogP contribution in [0.4, 0.5) is 16.2 Å². The van der Waals surface area contributed by atoms with Crippen LogP contribution >= 0.6 is 0 Å². The van der Waals surface area contributed by atoms with E-state index >= 15 is 0 Å². The van der Waals surface area contributed by atoms with Gasteiger partial charge in [0.1, 0.15) is 6.61 Å². The molecular weight excluding hydrogens is 264 g/mol. The first kappa shape index (κ1) is 14.2. The van der Waals surface area contributed by atoms with Crippen molar-refractivity contribution in [2.24, 2.45) is 11.8 Å². The number of amides is 1. The van der Waals surface area contributed by atoms with Gasteiger partial charge in [-0.05, 0) is 42.9 Å². The second-order valence-electron chi connectivity index (χ2n) is 6.32. The van der Waals surface area contributed by atoms with Gasteiger partial charge in [0.05, 0.1) is 6.54 Å². The summed E-state index contributed by atoms with van der Waals surface area (Å²) in [6.07, 6.45) is 5.12. The van der Waals surface area contributed by atoms with E-state index in [1.807, 2.05) is 18.2 Å². The van der Waals surface area contributed by atoms with Crippen LogP contribution in [0.2, 0.25) is 0 Å². The van der Waals surface area contributed by atoms with E-state index in [1.54, 1.807) is 4.90 Å². The number of hydrogen-bond acceptors (Lipinski definition) is 3. The lowest BCUT2D eigenvalue weighted by Gasteiger charge is -2.26. The van der Waals surface area contributed by atoms with Crippen LogP contribution in [0.3, 0.4) is 0 Å². The number of hydrogen-bond donors (Lipinski definition) is 1. The van der Waals surface area contributed by atoms with E-state index in [1.165, 1.54) is 25.7 Å². The number of carbonyl (C=O) groups excluding carboxylic acids is 1. The Morgan fingerprint density at radius 2 is 2.10 bits per heavy atom. The van der Waals surface area contributed by atoms with Crippen LogP contribution in [0, 0.1) is 11.8 Å². The van der Waals surface area contributed by atoms with Gasteiger partial charge in [-0.15, -0.1) is 0 Å². The highest BCUT2D eigenvalue weighted by Crippen LogP contribution is 2.29. The summed E-state index contributed by atoms with van der Waals surface area (Å²) in [7, 11) is 0. The molecule has 4 nitrogen and oxygen atoms in total. The number of rotatable bonds is 4. The third-order valence-corrected chi connectivity index (χ3v) is 4.65. The fourth-order valence-corrected chi connectivity index (χ4v) is 3.21. The van der Waals surface area contributed by atoms with Crippen molar-refractivity contribution in [3.8, 4) is 0 Å². The number of anilines is 2. The molecule has 21 heavy (non-hydrogen) atoms. The number of ether oxygens (including phenoxy) is 1. The highest BCUT2D eigenvalue weighted by molar-refractivity contribution is 5.89. The molecule has 1 aliphatic carbocycles. The Balaban J connectivity index is 1.57. The molecule has 2 fully saturated rings. The summed E-state index contributed by atoms with van der Waals surface area (Å²) in [5, 5.41) is 3.53. The third-order valence-electron chi connectivity index (χ3n) is 4.65. The highest BCUT2D eigenvalue weighted by atomic mass is 16.6. The molecule has 1 saturated heterocycles. The summed E-state index contributed by atoms with van der Waals surface area (Å²) in [6, 6.07) is 8.06. The van der Waals surface area contributed by atoms with Gasteiger partial charge in [0, 0.05) is 17.9 Å². The largest absolute Gasteiger partial charge is 0.447 e. The fourth-order valence-electron chi connectivity index (χ4n) is 3.21. The molecule has 1 aromatic rings. The molecule has 3 rings (SSSR count). The van der Waals surface area contributed by atoms with Crippen molar-refractivity contribution in [2.75, 3.05) is 29.9 Å². The maximum absolute atomic E-state index is 11.6. The summed E-state index contributed by atoms with van der Waals surface area (Å²) < 4.78 is 4.99. The molecule has 0 bridgehead atoms. The van der Waals surface area contributed by atoms with Crippen molar-refractivity contribution in [2.45, 2.75) is 32.6 Å². The Bertz CT molecular complexity index is 495. The maximum Gasteiger partial charge on any atom is 0.414 e. The van der Waals surface area contributed by atoms with E-state index in [-0.39, 0.29) is 6.09 Å². The van der Waals surface area contributed by atoms with Crippen molar-refractivity contribution < 1.29 is 9.53 Å². The van der Waals surface area contributed by atoms with Gasteiger partial charge in [0.15, 0.2) is 0 Å². The van der Waals surface area contributed by atoms with Gasteiger partial charge in [-0.25, -0.2) is 4.79 Å². The predicted molar refractivity (Wildman–Crippen MR) is 84.7 cm³/mol. The molecule has 1 heterocycles. The molecule has 0 unspecified atom stereocenters. The van der Waals surface area contributed by atoms with E-state index < -0.39 is 0 Å². The van der Waals surface area contributed by atoms with Gasteiger partial charge < -0.3 is 10.1 Å². The Morgan fingerprint density at radius 3 is 2.81 bits per heavy atom. The molecule has 1 saturated carbocycles. The van der Waals surface area contributed by atoms with Crippen molar-refractivity contribution in [3.63, 3.8) is 0 Å². The minimum Gasteiger partial charge on any atom is -0.447 e. The molecule has 1 aromatic carbocycles. The summed E-state index contributed by atoms with van der Waals surface area (Å²) in [5.74, 6) is 1.67. The minimum atomic E-state index is -0.242. The molecule has 0 radical (unpaired) electrons. The van der Waals surface area contributed by atoms with E-state index in [4.69, 9.17) is 4.74 Å². The van der Waals surface area contributed by atoms with Crippen LogP contribution < -0.4 is 10.2 Å². The smallest absolute Gasteiger partial charge is 0.414 e. The molecule has 2 aliphatic rings. The lowest BCUT2D eigenvalue weighted by Crippen LogP contribution is -2.23. The lowest BCUT2D eigenvalue weighted by molar-refractivity contribution is 0.181. The van der Waals surface area contributed by atoms with E-state index in [9.17, 15) is 4.79 Å². The molecule has 1 amide bonds. The monoisotopic (exact) mass is 288 g/mol. The first-order valence-corrected chi connectivity index (χ1v) is 8.00. The van der Waals surface area contributed by atoms with Crippen LogP contribution in [0.1, 0.15) is 32.6 Å². The van der Waals surface area contributed by atoms with Crippen LogP contribution in [0.5, 0.6) is 0 Å². The molecule has 0 atom stereocenters. The van der Waals surface area contributed by atoms with Crippen LogP contribution in [-0.4, -0.2) is 25.8 Å². The van der Waals surface area contributed by atoms with Gasteiger partial charge in [0.2, 0.25) is 0 Å². The minimum absolute atomic E-state index is 0.242. The van der Waals surface area contributed by atoms with Crippen molar-refractivity contribution in [1.82, 2.24) is 0 Å². The number of cyclic esters (lactones) is 1. The van der Waals surface area contributed by atoms with Gasteiger partial charge in [-0.1, -0.05) is 25.8 Å².